The summed E-state index contributed by atoms with van der Waals surface area (Å²) < 4.78 is 3.64. The predicted molar refractivity (Wildman–Crippen MR) is 120 cm³/mol. The SMILES string of the molecule is Cc1c(O)c(-c2ccc3c(=O)n(C4C[C@H]5CC[C@@H](C4)N5)ccc3n2)cc2cn(C)nc12. The van der Waals surface area contributed by atoms with Crippen molar-refractivity contribution in [3.8, 4) is 17.0 Å². The van der Waals surface area contributed by atoms with Crippen LogP contribution in [-0.4, -0.2) is 36.5 Å². The number of aromatic hydroxyl groups is 1. The molecule has 0 amide bonds. The molecule has 4 aromatic rings. The molecule has 5 heterocycles. The quantitative estimate of drug-likeness (QED) is 0.524. The number of aromatic nitrogens is 4. The lowest BCUT2D eigenvalue weighted by molar-refractivity contribution is 0.294. The average Bonchev–Trinajstić information content (AvgIpc) is 3.31. The van der Waals surface area contributed by atoms with Gasteiger partial charge in [0.15, 0.2) is 0 Å². The maximum atomic E-state index is 13.3. The van der Waals surface area contributed by atoms with Gasteiger partial charge in [0, 0.05) is 54.1 Å². The number of fused-ring (bicyclic) bond motifs is 4. The highest BCUT2D eigenvalue weighted by Crippen LogP contribution is 2.37. The number of piperidine rings is 1. The molecule has 2 saturated heterocycles. The molecule has 0 radical (unpaired) electrons. The van der Waals surface area contributed by atoms with Gasteiger partial charge in [-0.2, -0.15) is 5.10 Å². The van der Waals surface area contributed by atoms with Crippen LogP contribution in [-0.2, 0) is 7.05 Å². The van der Waals surface area contributed by atoms with Gasteiger partial charge >= 0.3 is 0 Å². The van der Waals surface area contributed by atoms with Crippen molar-refractivity contribution in [1.82, 2.24) is 24.6 Å². The van der Waals surface area contributed by atoms with Gasteiger partial charge in [0.1, 0.15) is 5.75 Å². The zero-order valence-electron chi connectivity index (χ0n) is 17.7. The topological polar surface area (TPSA) is 85.0 Å². The van der Waals surface area contributed by atoms with E-state index in [-0.39, 0.29) is 17.4 Å². The van der Waals surface area contributed by atoms with E-state index >= 15 is 0 Å². The summed E-state index contributed by atoms with van der Waals surface area (Å²) in [6, 6.07) is 8.81. The van der Waals surface area contributed by atoms with Crippen molar-refractivity contribution >= 4 is 21.8 Å². The summed E-state index contributed by atoms with van der Waals surface area (Å²) >= 11 is 0. The molecule has 2 aliphatic rings. The van der Waals surface area contributed by atoms with E-state index in [4.69, 9.17) is 4.98 Å². The predicted octanol–water partition coefficient (Wildman–Crippen LogP) is 3.42. The smallest absolute Gasteiger partial charge is 0.260 e. The summed E-state index contributed by atoms with van der Waals surface area (Å²) in [6.07, 6.45) is 8.25. The number of phenols is 1. The second kappa shape index (κ2) is 6.65. The molecule has 158 valence electrons. The number of aryl methyl sites for hydroxylation is 2. The molecule has 1 unspecified atom stereocenters. The fourth-order valence-electron chi connectivity index (χ4n) is 5.47. The van der Waals surface area contributed by atoms with E-state index in [1.54, 1.807) is 4.68 Å². The lowest BCUT2D eigenvalue weighted by atomic mass is 9.99. The highest BCUT2D eigenvalue weighted by molar-refractivity contribution is 5.91. The largest absolute Gasteiger partial charge is 0.507 e. The Hall–Kier alpha value is -3.19. The number of nitrogens with zero attached hydrogens (tertiary/aromatic N) is 4. The average molecular weight is 415 g/mol. The van der Waals surface area contributed by atoms with Crippen LogP contribution in [0, 0.1) is 6.92 Å². The monoisotopic (exact) mass is 415 g/mol. The van der Waals surface area contributed by atoms with E-state index in [1.807, 2.05) is 55.2 Å². The summed E-state index contributed by atoms with van der Waals surface area (Å²) in [5, 5.41) is 20.4. The van der Waals surface area contributed by atoms with Gasteiger partial charge in [0.05, 0.1) is 22.1 Å². The molecular weight excluding hydrogens is 390 g/mol. The molecule has 3 atom stereocenters. The van der Waals surface area contributed by atoms with Crippen molar-refractivity contribution in [2.24, 2.45) is 7.05 Å². The Morgan fingerprint density at radius 1 is 1.16 bits per heavy atom. The number of benzene rings is 1. The Morgan fingerprint density at radius 2 is 1.94 bits per heavy atom. The first-order valence-electron chi connectivity index (χ1n) is 10.9. The molecule has 0 saturated carbocycles. The van der Waals surface area contributed by atoms with Gasteiger partial charge in [-0.25, -0.2) is 4.98 Å². The van der Waals surface area contributed by atoms with Crippen molar-refractivity contribution in [1.29, 1.82) is 0 Å². The minimum Gasteiger partial charge on any atom is -0.507 e. The van der Waals surface area contributed by atoms with Crippen molar-refractivity contribution in [3.05, 3.63) is 52.6 Å². The molecule has 3 aromatic heterocycles. The van der Waals surface area contributed by atoms with Crippen LogP contribution in [0.25, 0.3) is 33.1 Å². The van der Waals surface area contributed by atoms with E-state index in [9.17, 15) is 9.90 Å². The Labute approximate surface area is 179 Å². The molecule has 2 bridgehead atoms. The molecule has 2 aliphatic heterocycles. The molecule has 7 nitrogen and oxygen atoms in total. The normalized spacial score (nSPS) is 23.1. The van der Waals surface area contributed by atoms with Crippen LogP contribution >= 0.6 is 0 Å². The van der Waals surface area contributed by atoms with E-state index in [0.717, 1.165) is 29.3 Å². The molecular formula is C24H25N5O2. The number of phenolic OH excluding ortho intramolecular Hbond substituents is 1. The highest BCUT2D eigenvalue weighted by Gasteiger charge is 2.34. The first-order valence-corrected chi connectivity index (χ1v) is 10.9. The molecule has 1 aromatic carbocycles. The van der Waals surface area contributed by atoms with Crippen LogP contribution < -0.4 is 10.9 Å². The molecule has 2 fully saturated rings. The standard InChI is InChI=1S/C24H25N5O2/c1-13-22-14(12-28(2)27-22)9-19(23(13)30)20-6-5-18-21(26-20)7-8-29(24(18)31)17-10-15-3-4-16(11-17)25-15/h5-9,12,15-17,25,30H,3-4,10-11H2,1-2H3/t15-,16+,17?. The van der Waals surface area contributed by atoms with Crippen LogP contribution in [0.2, 0.25) is 0 Å². The molecule has 31 heavy (non-hydrogen) atoms. The molecule has 2 N–H and O–H groups in total. The van der Waals surface area contributed by atoms with Crippen molar-refractivity contribution < 1.29 is 5.11 Å². The van der Waals surface area contributed by atoms with Gasteiger partial charge in [-0.1, -0.05) is 0 Å². The van der Waals surface area contributed by atoms with Crippen LogP contribution in [0.1, 0.15) is 37.3 Å². The third-order valence-electron chi connectivity index (χ3n) is 7.02. The van der Waals surface area contributed by atoms with Crippen LogP contribution in [0.4, 0.5) is 0 Å². The number of hydrogen-bond acceptors (Lipinski definition) is 5. The number of rotatable bonds is 2. The third-order valence-corrected chi connectivity index (χ3v) is 7.02. The lowest BCUT2D eigenvalue weighted by Crippen LogP contribution is -2.41. The number of pyridine rings is 2. The van der Waals surface area contributed by atoms with Crippen molar-refractivity contribution in [2.75, 3.05) is 0 Å². The minimum atomic E-state index is 0.0194. The number of hydrogen-bond donors (Lipinski definition) is 2. The maximum absolute atomic E-state index is 13.3. The van der Waals surface area contributed by atoms with Gasteiger partial charge in [0.25, 0.3) is 5.56 Å². The lowest BCUT2D eigenvalue weighted by Gasteiger charge is -2.30. The van der Waals surface area contributed by atoms with Crippen molar-refractivity contribution in [3.63, 3.8) is 0 Å². The van der Waals surface area contributed by atoms with Gasteiger partial charge in [-0.05, 0) is 56.9 Å². The molecule has 0 spiro atoms. The van der Waals surface area contributed by atoms with Gasteiger partial charge in [0.2, 0.25) is 0 Å². The highest BCUT2D eigenvalue weighted by atomic mass is 16.3. The zero-order chi connectivity index (χ0) is 21.3. The third kappa shape index (κ3) is 2.87. The first-order chi connectivity index (χ1) is 15.0. The van der Waals surface area contributed by atoms with Gasteiger partial charge in [-0.3, -0.25) is 9.48 Å². The summed E-state index contributed by atoms with van der Waals surface area (Å²) in [7, 11) is 1.86. The van der Waals surface area contributed by atoms with Crippen LogP contribution in [0.5, 0.6) is 5.75 Å². The fourth-order valence-corrected chi connectivity index (χ4v) is 5.47. The summed E-state index contributed by atoms with van der Waals surface area (Å²) in [5.41, 5.74) is 3.48. The fraction of sp³-hybridized carbons (Fsp3) is 0.375. The Morgan fingerprint density at radius 3 is 2.71 bits per heavy atom. The molecule has 6 rings (SSSR count). The second-order valence-corrected chi connectivity index (χ2v) is 9.06. The summed E-state index contributed by atoms with van der Waals surface area (Å²) in [5.74, 6) is 0.177. The number of nitrogens with one attached hydrogen (secondary N) is 1. The zero-order valence-corrected chi connectivity index (χ0v) is 17.7. The Balaban J connectivity index is 1.44. The van der Waals surface area contributed by atoms with E-state index in [1.165, 1.54) is 12.8 Å². The summed E-state index contributed by atoms with van der Waals surface area (Å²) in [6.45, 7) is 1.86. The molecule has 0 aliphatic carbocycles. The van der Waals surface area contributed by atoms with Gasteiger partial charge < -0.3 is 15.0 Å². The van der Waals surface area contributed by atoms with E-state index in [0.29, 0.717) is 34.2 Å². The van der Waals surface area contributed by atoms with Crippen LogP contribution in [0.3, 0.4) is 0 Å². The van der Waals surface area contributed by atoms with E-state index in [2.05, 4.69) is 10.4 Å². The summed E-state index contributed by atoms with van der Waals surface area (Å²) in [4.78, 5) is 18.0. The second-order valence-electron chi connectivity index (χ2n) is 9.06. The Kier molecular flexibility index (Phi) is 3.99. The van der Waals surface area contributed by atoms with Gasteiger partial charge in [-0.15, -0.1) is 0 Å². The Bertz CT molecular complexity index is 1390. The molecule has 7 heteroatoms. The first kappa shape index (κ1) is 18.6. The van der Waals surface area contributed by atoms with Crippen molar-refractivity contribution in [2.45, 2.75) is 50.7 Å². The van der Waals surface area contributed by atoms with Crippen LogP contribution in [0.15, 0.2) is 41.5 Å². The van der Waals surface area contributed by atoms with E-state index < -0.39 is 0 Å². The maximum Gasteiger partial charge on any atom is 0.260 e. The minimum absolute atomic E-state index is 0.0194.